The molecule has 2 nitrogen and oxygen atoms in total. The summed E-state index contributed by atoms with van der Waals surface area (Å²) >= 11 is 2.00. The molecule has 1 aromatic rings. The molecule has 1 amide bonds. The van der Waals surface area contributed by atoms with Gasteiger partial charge in [-0.1, -0.05) is 20.3 Å². The molecule has 0 bridgehead atoms. The van der Waals surface area contributed by atoms with Crippen LogP contribution >= 0.6 is 22.6 Å². The lowest BCUT2D eigenvalue weighted by atomic mass is 9.87. The van der Waals surface area contributed by atoms with Gasteiger partial charge in [0.1, 0.15) is 5.82 Å². The second kappa shape index (κ2) is 5.15. The maximum Gasteiger partial charge on any atom is 0.252 e. The number of carbonyl (C=O) groups is 1. The first-order valence-corrected chi connectivity index (χ1v) is 7.24. The number of hydrogen-bond donors (Lipinski definition) is 1. The van der Waals surface area contributed by atoms with Gasteiger partial charge in [0.15, 0.2) is 0 Å². The van der Waals surface area contributed by atoms with Gasteiger partial charge in [-0.3, -0.25) is 4.79 Å². The van der Waals surface area contributed by atoms with Gasteiger partial charge in [-0.05, 0) is 59.0 Å². The van der Waals surface area contributed by atoms with E-state index in [4.69, 9.17) is 0 Å². The largest absolute Gasteiger partial charge is 0.349 e. The molecule has 1 aliphatic carbocycles. The Labute approximate surface area is 120 Å². The van der Waals surface area contributed by atoms with E-state index in [-0.39, 0.29) is 23.2 Å². The van der Waals surface area contributed by atoms with Crippen LogP contribution in [0.3, 0.4) is 0 Å². The fourth-order valence-corrected chi connectivity index (χ4v) is 3.23. The highest BCUT2D eigenvalue weighted by Gasteiger charge is 2.35. The molecule has 1 saturated carbocycles. The number of rotatable bonds is 2. The van der Waals surface area contributed by atoms with Gasteiger partial charge in [0.05, 0.1) is 5.56 Å². The van der Waals surface area contributed by atoms with Crippen LogP contribution in [0.25, 0.3) is 0 Å². The summed E-state index contributed by atoms with van der Waals surface area (Å²) in [6.07, 6.45) is 3.31. The molecule has 0 radical (unpaired) electrons. The van der Waals surface area contributed by atoms with Crippen molar-refractivity contribution >= 4 is 28.5 Å². The van der Waals surface area contributed by atoms with E-state index >= 15 is 0 Å². The predicted octanol–water partition coefficient (Wildman–Crippen LogP) is 3.74. The molecule has 0 saturated heterocycles. The van der Waals surface area contributed by atoms with Crippen molar-refractivity contribution in [1.82, 2.24) is 5.32 Å². The molecule has 1 fully saturated rings. The molecular weight excluding hydrogens is 344 g/mol. The lowest BCUT2D eigenvalue weighted by Crippen LogP contribution is -2.41. The van der Waals surface area contributed by atoms with Crippen LogP contribution in [0.1, 0.15) is 43.5 Å². The highest BCUT2D eigenvalue weighted by Crippen LogP contribution is 2.37. The summed E-state index contributed by atoms with van der Waals surface area (Å²) in [5, 5.41) is 3.08. The van der Waals surface area contributed by atoms with Gasteiger partial charge in [-0.25, -0.2) is 4.39 Å². The molecule has 4 heteroatoms. The molecule has 1 unspecified atom stereocenters. The normalized spacial score (nSPS) is 21.9. The smallest absolute Gasteiger partial charge is 0.252 e. The van der Waals surface area contributed by atoms with Crippen LogP contribution in [0, 0.1) is 14.8 Å². The number of hydrogen-bond acceptors (Lipinski definition) is 1. The Kier molecular flexibility index (Phi) is 3.94. The topological polar surface area (TPSA) is 29.1 Å². The SMILES string of the molecule is CC1(C)CCCC1NC(=O)c1ccc(F)cc1I. The molecule has 18 heavy (non-hydrogen) atoms. The van der Waals surface area contributed by atoms with Crippen molar-refractivity contribution in [1.29, 1.82) is 0 Å². The number of amides is 1. The maximum atomic E-state index is 13.0. The minimum Gasteiger partial charge on any atom is -0.349 e. The van der Waals surface area contributed by atoms with Crippen molar-refractivity contribution in [3.8, 4) is 0 Å². The summed E-state index contributed by atoms with van der Waals surface area (Å²) in [6.45, 7) is 4.36. The Morgan fingerprint density at radius 1 is 1.50 bits per heavy atom. The third kappa shape index (κ3) is 2.84. The van der Waals surface area contributed by atoms with Gasteiger partial charge < -0.3 is 5.32 Å². The van der Waals surface area contributed by atoms with E-state index in [1.54, 1.807) is 6.07 Å². The average Bonchev–Trinajstić information content (AvgIpc) is 2.58. The Morgan fingerprint density at radius 3 is 2.78 bits per heavy atom. The van der Waals surface area contributed by atoms with Crippen molar-refractivity contribution in [2.24, 2.45) is 5.41 Å². The fraction of sp³-hybridized carbons (Fsp3) is 0.500. The number of nitrogens with one attached hydrogen (secondary N) is 1. The third-order valence-electron chi connectivity index (χ3n) is 3.74. The van der Waals surface area contributed by atoms with Crippen molar-refractivity contribution < 1.29 is 9.18 Å². The van der Waals surface area contributed by atoms with Crippen LogP contribution in [0.15, 0.2) is 18.2 Å². The van der Waals surface area contributed by atoms with Crippen molar-refractivity contribution in [2.45, 2.75) is 39.2 Å². The van der Waals surface area contributed by atoms with Crippen LogP contribution in [0.4, 0.5) is 4.39 Å². The second-order valence-corrected chi connectivity index (χ2v) is 6.69. The number of benzene rings is 1. The first kappa shape index (κ1) is 13.8. The molecule has 2 rings (SSSR count). The van der Waals surface area contributed by atoms with Gasteiger partial charge >= 0.3 is 0 Å². The van der Waals surface area contributed by atoms with Crippen LogP contribution in [-0.2, 0) is 0 Å². The lowest BCUT2D eigenvalue weighted by molar-refractivity contribution is 0.0909. The minimum atomic E-state index is -0.308. The molecule has 1 N–H and O–H groups in total. The van der Waals surface area contributed by atoms with Crippen molar-refractivity contribution in [3.63, 3.8) is 0 Å². The monoisotopic (exact) mass is 361 g/mol. The zero-order valence-electron chi connectivity index (χ0n) is 10.6. The Morgan fingerprint density at radius 2 is 2.22 bits per heavy atom. The molecule has 1 atom stereocenters. The third-order valence-corrected chi connectivity index (χ3v) is 4.63. The molecule has 0 aliphatic heterocycles. The average molecular weight is 361 g/mol. The van der Waals surface area contributed by atoms with E-state index in [1.165, 1.54) is 12.1 Å². The molecule has 0 heterocycles. The molecule has 0 aromatic heterocycles. The second-order valence-electron chi connectivity index (χ2n) is 5.53. The predicted molar refractivity (Wildman–Crippen MR) is 78.0 cm³/mol. The van der Waals surface area contributed by atoms with E-state index in [0.29, 0.717) is 9.13 Å². The summed E-state index contributed by atoms with van der Waals surface area (Å²) in [5.41, 5.74) is 0.709. The quantitative estimate of drug-likeness (QED) is 0.799. The Hall–Kier alpha value is -0.650. The zero-order chi connectivity index (χ0) is 13.3. The van der Waals surface area contributed by atoms with Crippen molar-refractivity contribution in [2.75, 3.05) is 0 Å². The summed E-state index contributed by atoms with van der Waals surface area (Å²) in [5.74, 6) is -0.406. The Bertz CT molecular complexity index is 473. The van der Waals surface area contributed by atoms with E-state index in [0.717, 1.165) is 19.3 Å². The summed E-state index contributed by atoms with van der Waals surface area (Å²) < 4.78 is 13.7. The molecule has 98 valence electrons. The molecule has 1 aliphatic rings. The molecular formula is C14H17FINO. The first-order chi connectivity index (χ1) is 8.40. The van der Waals surface area contributed by atoms with E-state index in [2.05, 4.69) is 19.2 Å². The van der Waals surface area contributed by atoms with Crippen LogP contribution in [0.5, 0.6) is 0 Å². The van der Waals surface area contributed by atoms with Gasteiger partial charge in [0, 0.05) is 9.61 Å². The number of carbonyl (C=O) groups excluding carboxylic acids is 1. The zero-order valence-corrected chi connectivity index (χ0v) is 12.8. The standard InChI is InChI=1S/C14H17FINO/c1-14(2)7-3-4-12(14)17-13(18)10-6-5-9(15)8-11(10)16/h5-6,8,12H,3-4,7H2,1-2H3,(H,17,18). The van der Waals surface area contributed by atoms with Gasteiger partial charge in [0.2, 0.25) is 0 Å². The van der Waals surface area contributed by atoms with Crippen molar-refractivity contribution in [3.05, 3.63) is 33.1 Å². The molecule has 1 aromatic carbocycles. The summed E-state index contributed by atoms with van der Waals surface area (Å²) in [4.78, 5) is 12.2. The van der Waals surface area contributed by atoms with Crippen LogP contribution in [0.2, 0.25) is 0 Å². The highest BCUT2D eigenvalue weighted by molar-refractivity contribution is 14.1. The summed E-state index contributed by atoms with van der Waals surface area (Å²) in [6, 6.07) is 4.48. The fourth-order valence-electron chi connectivity index (χ4n) is 2.50. The van der Waals surface area contributed by atoms with Gasteiger partial charge in [-0.15, -0.1) is 0 Å². The summed E-state index contributed by atoms with van der Waals surface area (Å²) in [7, 11) is 0. The van der Waals surface area contributed by atoms with Gasteiger partial charge in [0.25, 0.3) is 5.91 Å². The van der Waals surface area contributed by atoms with Crippen LogP contribution < -0.4 is 5.32 Å². The van der Waals surface area contributed by atoms with Crippen LogP contribution in [-0.4, -0.2) is 11.9 Å². The van der Waals surface area contributed by atoms with E-state index in [9.17, 15) is 9.18 Å². The van der Waals surface area contributed by atoms with Gasteiger partial charge in [-0.2, -0.15) is 0 Å². The van der Waals surface area contributed by atoms with E-state index in [1.807, 2.05) is 22.6 Å². The minimum absolute atomic E-state index is 0.0978. The maximum absolute atomic E-state index is 13.0. The van der Waals surface area contributed by atoms with E-state index < -0.39 is 0 Å². The molecule has 0 spiro atoms. The first-order valence-electron chi connectivity index (χ1n) is 6.16. The Balaban J connectivity index is 2.13. The highest BCUT2D eigenvalue weighted by atomic mass is 127. The number of halogens is 2. The lowest BCUT2D eigenvalue weighted by Gasteiger charge is -2.27.